The molecule has 0 aliphatic heterocycles. The smallest absolute Gasteiger partial charge is 0.310 e. The Bertz CT molecular complexity index is 801. The number of aromatic nitrogens is 1. The maximum atomic E-state index is 12.8. The van der Waals surface area contributed by atoms with E-state index in [1.807, 2.05) is 18.2 Å². The van der Waals surface area contributed by atoms with E-state index >= 15 is 0 Å². The standard InChI is InChI=1S/C20H22N2O4/c1-12-9-17(22-26-12)21-19(23)18(14-5-3-2-4-6-14)25-20(24)16-11-13-7-8-15(16)10-13/h2-6,9,13,15-16,18H,7-8,10-11H2,1H3,(H,21,22,23)/t13-,15-,16-,18+/m0/s1. The first-order chi connectivity index (χ1) is 12.6. The van der Waals surface area contributed by atoms with Gasteiger partial charge < -0.3 is 14.6 Å². The maximum Gasteiger partial charge on any atom is 0.310 e. The third kappa shape index (κ3) is 3.36. The molecular weight excluding hydrogens is 332 g/mol. The van der Waals surface area contributed by atoms with Crippen LogP contribution in [0.5, 0.6) is 0 Å². The third-order valence-electron chi connectivity index (χ3n) is 5.49. The average molecular weight is 354 g/mol. The van der Waals surface area contributed by atoms with Crippen LogP contribution in [0.3, 0.4) is 0 Å². The number of nitrogens with zero attached hydrogens (tertiary/aromatic N) is 1. The highest BCUT2D eigenvalue weighted by molar-refractivity contribution is 5.95. The van der Waals surface area contributed by atoms with E-state index in [-0.39, 0.29) is 11.9 Å². The van der Waals surface area contributed by atoms with Gasteiger partial charge in [-0.25, -0.2) is 0 Å². The molecule has 1 aromatic carbocycles. The molecule has 2 fully saturated rings. The average Bonchev–Trinajstić information content (AvgIpc) is 3.37. The molecule has 6 heteroatoms. The predicted molar refractivity (Wildman–Crippen MR) is 94.1 cm³/mol. The molecule has 2 aromatic rings. The number of carbonyl (C=O) groups is 2. The van der Waals surface area contributed by atoms with Crippen LogP contribution in [0.4, 0.5) is 5.82 Å². The zero-order valence-corrected chi connectivity index (χ0v) is 14.7. The molecule has 1 N–H and O–H groups in total. The van der Waals surface area contributed by atoms with Crippen molar-refractivity contribution in [2.45, 2.75) is 38.7 Å². The van der Waals surface area contributed by atoms with Crippen LogP contribution in [0.25, 0.3) is 0 Å². The number of hydrogen-bond acceptors (Lipinski definition) is 5. The van der Waals surface area contributed by atoms with Gasteiger partial charge in [-0.3, -0.25) is 9.59 Å². The van der Waals surface area contributed by atoms with Crippen molar-refractivity contribution in [2.24, 2.45) is 17.8 Å². The lowest BCUT2D eigenvalue weighted by atomic mass is 9.89. The van der Waals surface area contributed by atoms with Crippen molar-refractivity contribution in [2.75, 3.05) is 5.32 Å². The molecule has 136 valence electrons. The molecule has 2 aliphatic rings. The Labute approximate surface area is 151 Å². The van der Waals surface area contributed by atoms with E-state index in [9.17, 15) is 9.59 Å². The minimum Gasteiger partial charge on any atom is -0.447 e. The van der Waals surface area contributed by atoms with Crippen LogP contribution < -0.4 is 5.32 Å². The van der Waals surface area contributed by atoms with E-state index in [2.05, 4.69) is 10.5 Å². The van der Waals surface area contributed by atoms with Gasteiger partial charge in [0.25, 0.3) is 5.91 Å². The van der Waals surface area contributed by atoms with Gasteiger partial charge in [0.15, 0.2) is 5.82 Å². The molecule has 0 saturated heterocycles. The highest BCUT2D eigenvalue weighted by Crippen LogP contribution is 2.49. The number of aryl methyl sites for hydroxylation is 1. The van der Waals surface area contributed by atoms with E-state index in [1.165, 1.54) is 6.42 Å². The summed E-state index contributed by atoms with van der Waals surface area (Å²) in [4.78, 5) is 25.5. The second-order valence-electron chi connectivity index (χ2n) is 7.32. The number of amides is 1. The minimum absolute atomic E-state index is 0.0814. The van der Waals surface area contributed by atoms with Crippen molar-refractivity contribution in [3.63, 3.8) is 0 Å². The molecule has 26 heavy (non-hydrogen) atoms. The van der Waals surface area contributed by atoms with Crippen LogP contribution in [0.1, 0.15) is 43.1 Å². The molecule has 2 saturated carbocycles. The van der Waals surface area contributed by atoms with Gasteiger partial charge in [-0.2, -0.15) is 0 Å². The van der Waals surface area contributed by atoms with Gasteiger partial charge in [-0.1, -0.05) is 41.9 Å². The summed E-state index contributed by atoms with van der Waals surface area (Å²) >= 11 is 0. The Hall–Kier alpha value is -2.63. The molecule has 4 rings (SSSR count). The number of anilines is 1. The summed E-state index contributed by atoms with van der Waals surface area (Å²) < 4.78 is 10.7. The summed E-state index contributed by atoms with van der Waals surface area (Å²) in [7, 11) is 0. The number of hydrogen-bond donors (Lipinski definition) is 1. The second kappa shape index (κ2) is 6.94. The fourth-order valence-electron chi connectivity index (χ4n) is 4.25. The number of carbonyl (C=O) groups excluding carboxylic acids is 2. The summed E-state index contributed by atoms with van der Waals surface area (Å²) in [6, 6.07) is 10.7. The van der Waals surface area contributed by atoms with Crippen molar-refractivity contribution in [1.82, 2.24) is 5.16 Å². The summed E-state index contributed by atoms with van der Waals surface area (Å²) in [5.74, 6) is 1.17. The van der Waals surface area contributed by atoms with Crippen molar-refractivity contribution in [1.29, 1.82) is 0 Å². The highest BCUT2D eigenvalue weighted by Gasteiger charge is 2.45. The van der Waals surface area contributed by atoms with Crippen molar-refractivity contribution in [3.05, 3.63) is 47.7 Å². The Morgan fingerprint density at radius 1 is 1.23 bits per heavy atom. The first-order valence-electron chi connectivity index (χ1n) is 9.10. The number of esters is 1. The lowest BCUT2D eigenvalue weighted by Gasteiger charge is -2.23. The summed E-state index contributed by atoms with van der Waals surface area (Å²) in [5, 5.41) is 6.44. The first kappa shape index (κ1) is 16.8. The number of benzene rings is 1. The predicted octanol–water partition coefficient (Wildman–Crippen LogP) is 3.64. The van der Waals surface area contributed by atoms with Gasteiger partial charge >= 0.3 is 5.97 Å². The third-order valence-corrected chi connectivity index (χ3v) is 5.49. The summed E-state index contributed by atoms with van der Waals surface area (Å²) in [6.07, 6.45) is 3.29. The molecule has 0 spiro atoms. The zero-order valence-electron chi connectivity index (χ0n) is 14.7. The van der Waals surface area contributed by atoms with Gasteiger partial charge in [-0.05, 0) is 38.0 Å². The zero-order chi connectivity index (χ0) is 18.1. The van der Waals surface area contributed by atoms with Gasteiger partial charge in [0.1, 0.15) is 5.76 Å². The van der Waals surface area contributed by atoms with E-state index in [0.717, 1.165) is 19.3 Å². The van der Waals surface area contributed by atoms with Gasteiger partial charge in [0.2, 0.25) is 6.10 Å². The van der Waals surface area contributed by atoms with E-state index < -0.39 is 12.0 Å². The van der Waals surface area contributed by atoms with E-state index in [4.69, 9.17) is 9.26 Å². The number of rotatable bonds is 5. The number of nitrogens with one attached hydrogen (secondary N) is 1. The van der Waals surface area contributed by atoms with E-state index in [0.29, 0.717) is 29.0 Å². The molecule has 1 amide bonds. The number of fused-ring (bicyclic) bond motifs is 2. The van der Waals surface area contributed by atoms with Crippen LogP contribution >= 0.6 is 0 Å². The minimum atomic E-state index is -1.00. The van der Waals surface area contributed by atoms with Gasteiger partial charge in [0, 0.05) is 11.6 Å². The van der Waals surface area contributed by atoms with Crippen LogP contribution in [0, 0.1) is 24.7 Å². The fourth-order valence-corrected chi connectivity index (χ4v) is 4.25. The number of ether oxygens (including phenoxy) is 1. The maximum absolute atomic E-state index is 12.8. The lowest BCUT2D eigenvalue weighted by molar-refractivity contribution is -0.160. The molecule has 4 atom stereocenters. The van der Waals surface area contributed by atoms with Crippen molar-refractivity contribution in [3.8, 4) is 0 Å². The SMILES string of the molecule is Cc1cc(NC(=O)[C@H](OC(=O)[C@H]2C[C@H]3CC[C@H]2C3)c2ccccc2)no1. The fraction of sp³-hybridized carbons (Fsp3) is 0.450. The Morgan fingerprint density at radius 2 is 2.04 bits per heavy atom. The summed E-state index contributed by atoms with van der Waals surface area (Å²) in [5.41, 5.74) is 0.640. The summed E-state index contributed by atoms with van der Waals surface area (Å²) in [6.45, 7) is 1.74. The molecule has 1 heterocycles. The molecule has 0 unspecified atom stereocenters. The molecule has 0 radical (unpaired) electrons. The Kier molecular flexibility index (Phi) is 4.49. The molecular formula is C20H22N2O4. The Balaban J connectivity index is 1.51. The van der Waals surface area contributed by atoms with Crippen LogP contribution in [0.2, 0.25) is 0 Å². The largest absolute Gasteiger partial charge is 0.447 e. The second-order valence-corrected chi connectivity index (χ2v) is 7.32. The van der Waals surface area contributed by atoms with Gasteiger partial charge in [0.05, 0.1) is 5.92 Å². The molecule has 1 aromatic heterocycles. The Morgan fingerprint density at radius 3 is 2.65 bits per heavy atom. The first-order valence-corrected chi connectivity index (χ1v) is 9.10. The molecule has 2 aliphatic carbocycles. The van der Waals surface area contributed by atoms with Crippen LogP contribution in [-0.4, -0.2) is 17.0 Å². The van der Waals surface area contributed by atoms with E-state index in [1.54, 1.807) is 25.1 Å². The highest BCUT2D eigenvalue weighted by atomic mass is 16.5. The normalized spacial score (nSPS) is 25.0. The van der Waals surface area contributed by atoms with Gasteiger partial charge in [-0.15, -0.1) is 0 Å². The molecule has 2 bridgehead atoms. The molecule has 6 nitrogen and oxygen atoms in total. The monoisotopic (exact) mass is 354 g/mol. The lowest BCUT2D eigenvalue weighted by Crippen LogP contribution is -2.30. The van der Waals surface area contributed by atoms with Crippen molar-refractivity contribution < 1.29 is 18.8 Å². The van der Waals surface area contributed by atoms with Crippen LogP contribution in [-0.2, 0) is 14.3 Å². The topological polar surface area (TPSA) is 81.4 Å². The van der Waals surface area contributed by atoms with Crippen molar-refractivity contribution >= 4 is 17.7 Å². The quantitative estimate of drug-likeness (QED) is 0.829. The van der Waals surface area contributed by atoms with Crippen LogP contribution in [0.15, 0.2) is 40.9 Å².